The van der Waals surface area contributed by atoms with Crippen molar-refractivity contribution in [3.63, 3.8) is 0 Å². The smallest absolute Gasteiger partial charge is 0.239 e. The molecule has 0 unspecified atom stereocenters. The summed E-state index contributed by atoms with van der Waals surface area (Å²) in [6, 6.07) is 12.3. The van der Waals surface area contributed by atoms with Gasteiger partial charge in [0.2, 0.25) is 11.8 Å². The highest BCUT2D eigenvalue weighted by molar-refractivity contribution is 6.14. The van der Waals surface area contributed by atoms with Gasteiger partial charge in [-0.3, -0.25) is 9.59 Å². The molecule has 0 aliphatic heterocycles. The molecule has 24 heavy (non-hydrogen) atoms. The first-order chi connectivity index (χ1) is 11.3. The Morgan fingerprint density at radius 3 is 2.04 bits per heavy atom. The quantitative estimate of drug-likeness (QED) is 0.825. The van der Waals surface area contributed by atoms with Crippen LogP contribution >= 0.6 is 0 Å². The van der Waals surface area contributed by atoms with Crippen LogP contribution in [0.4, 0.5) is 15.8 Å². The van der Waals surface area contributed by atoms with Crippen LogP contribution in [0.1, 0.15) is 13.8 Å². The van der Waals surface area contributed by atoms with Crippen molar-refractivity contribution >= 4 is 23.2 Å². The number of carbonyl (C=O) groups excluding carboxylic acids is 2. The maximum atomic E-state index is 13.2. The summed E-state index contributed by atoms with van der Waals surface area (Å²) in [5.41, 5.74) is -0.539. The Morgan fingerprint density at radius 2 is 1.50 bits per heavy atom. The third-order valence-corrected chi connectivity index (χ3v) is 3.55. The van der Waals surface area contributed by atoms with Crippen molar-refractivity contribution in [1.29, 1.82) is 0 Å². The number of benzene rings is 2. The Hall–Kier alpha value is -2.89. The fourth-order valence-electron chi connectivity index (χ4n) is 1.94. The number of hydrogen-bond acceptors (Lipinski definition) is 3. The number of rotatable bonds is 5. The summed E-state index contributed by atoms with van der Waals surface area (Å²) in [6.07, 6.45) is 0. The highest BCUT2D eigenvalue weighted by atomic mass is 19.1. The van der Waals surface area contributed by atoms with E-state index in [9.17, 15) is 14.0 Å². The number of amides is 2. The molecule has 0 bridgehead atoms. The van der Waals surface area contributed by atoms with Crippen molar-refractivity contribution < 1.29 is 18.7 Å². The van der Waals surface area contributed by atoms with Crippen molar-refractivity contribution in [2.24, 2.45) is 5.41 Å². The molecule has 2 aromatic rings. The molecule has 2 N–H and O–H groups in total. The van der Waals surface area contributed by atoms with Gasteiger partial charge >= 0.3 is 0 Å². The predicted molar refractivity (Wildman–Crippen MR) is 90.4 cm³/mol. The van der Waals surface area contributed by atoms with E-state index < -0.39 is 23.0 Å². The van der Waals surface area contributed by atoms with E-state index >= 15 is 0 Å². The topological polar surface area (TPSA) is 67.4 Å². The minimum Gasteiger partial charge on any atom is -0.497 e. The molecule has 0 aliphatic rings. The fraction of sp³-hybridized carbons (Fsp3) is 0.222. The van der Waals surface area contributed by atoms with Crippen molar-refractivity contribution in [3.8, 4) is 5.75 Å². The summed E-state index contributed by atoms with van der Waals surface area (Å²) >= 11 is 0. The molecule has 5 nitrogen and oxygen atoms in total. The molecule has 0 saturated carbocycles. The summed E-state index contributed by atoms with van der Waals surface area (Å²) in [5.74, 6) is -0.889. The average molecular weight is 330 g/mol. The van der Waals surface area contributed by atoms with Gasteiger partial charge in [0.15, 0.2) is 0 Å². The van der Waals surface area contributed by atoms with E-state index in [1.165, 1.54) is 39.2 Å². The molecule has 0 radical (unpaired) electrons. The van der Waals surface area contributed by atoms with E-state index in [4.69, 9.17) is 4.74 Å². The minimum absolute atomic E-state index is 0.294. The van der Waals surface area contributed by atoms with Gasteiger partial charge in [-0.15, -0.1) is 0 Å². The number of carbonyl (C=O) groups is 2. The first kappa shape index (κ1) is 17.5. The van der Waals surface area contributed by atoms with Gasteiger partial charge < -0.3 is 15.4 Å². The lowest BCUT2D eigenvalue weighted by Gasteiger charge is -2.23. The molecule has 0 spiro atoms. The fourth-order valence-corrected chi connectivity index (χ4v) is 1.94. The van der Waals surface area contributed by atoms with Crippen molar-refractivity contribution in [2.45, 2.75) is 13.8 Å². The van der Waals surface area contributed by atoms with Gasteiger partial charge in [0, 0.05) is 17.4 Å². The summed E-state index contributed by atoms with van der Waals surface area (Å²) in [4.78, 5) is 24.8. The monoisotopic (exact) mass is 330 g/mol. The molecular formula is C18H19FN2O3. The molecule has 0 aliphatic carbocycles. The number of hydrogen-bond donors (Lipinski definition) is 2. The van der Waals surface area contributed by atoms with Crippen LogP contribution in [0, 0.1) is 11.2 Å². The molecule has 0 fully saturated rings. The zero-order valence-corrected chi connectivity index (χ0v) is 13.7. The van der Waals surface area contributed by atoms with Crippen LogP contribution in [0.5, 0.6) is 5.75 Å². The van der Waals surface area contributed by atoms with E-state index in [1.807, 2.05) is 0 Å². The van der Waals surface area contributed by atoms with E-state index in [0.717, 1.165) is 0 Å². The highest BCUT2D eigenvalue weighted by Gasteiger charge is 2.36. The lowest BCUT2D eigenvalue weighted by molar-refractivity contribution is -0.135. The minimum atomic E-state index is -1.35. The highest BCUT2D eigenvalue weighted by Crippen LogP contribution is 2.23. The Balaban J connectivity index is 2.09. The number of ether oxygens (including phenoxy) is 1. The van der Waals surface area contributed by atoms with Crippen LogP contribution in [0.25, 0.3) is 0 Å². The van der Waals surface area contributed by atoms with Gasteiger partial charge in [0.25, 0.3) is 0 Å². The van der Waals surface area contributed by atoms with Gasteiger partial charge in [-0.05, 0) is 44.2 Å². The van der Waals surface area contributed by atoms with Crippen LogP contribution in [-0.2, 0) is 9.59 Å². The number of halogens is 1. The van der Waals surface area contributed by atoms with E-state index in [0.29, 0.717) is 17.1 Å². The lowest BCUT2D eigenvalue weighted by Crippen LogP contribution is -2.41. The maximum Gasteiger partial charge on any atom is 0.239 e. The molecule has 0 heterocycles. The molecule has 126 valence electrons. The average Bonchev–Trinajstić information content (AvgIpc) is 2.54. The Kier molecular flexibility index (Phi) is 5.18. The zero-order valence-electron chi connectivity index (χ0n) is 13.7. The molecule has 2 rings (SSSR count). The van der Waals surface area contributed by atoms with Crippen LogP contribution in [0.3, 0.4) is 0 Å². The van der Waals surface area contributed by atoms with Crippen LogP contribution < -0.4 is 15.4 Å². The van der Waals surface area contributed by atoms with Gasteiger partial charge in [-0.2, -0.15) is 0 Å². The summed E-state index contributed by atoms with van der Waals surface area (Å²) in [5, 5.41) is 5.23. The van der Waals surface area contributed by atoms with Gasteiger partial charge in [0.1, 0.15) is 17.0 Å². The predicted octanol–water partition coefficient (Wildman–Crippen LogP) is 3.44. The zero-order chi connectivity index (χ0) is 17.7. The van der Waals surface area contributed by atoms with Gasteiger partial charge in [-0.1, -0.05) is 12.1 Å². The van der Waals surface area contributed by atoms with E-state index in [1.54, 1.807) is 30.3 Å². The maximum absolute atomic E-state index is 13.2. The first-order valence-corrected chi connectivity index (χ1v) is 7.35. The van der Waals surface area contributed by atoms with Crippen molar-refractivity contribution in [3.05, 3.63) is 54.3 Å². The van der Waals surface area contributed by atoms with E-state index in [-0.39, 0.29) is 0 Å². The summed E-state index contributed by atoms with van der Waals surface area (Å²) in [6.45, 7) is 2.99. The second kappa shape index (κ2) is 7.12. The summed E-state index contributed by atoms with van der Waals surface area (Å²) in [7, 11) is 1.53. The van der Waals surface area contributed by atoms with Crippen LogP contribution in [0.15, 0.2) is 48.5 Å². The summed E-state index contributed by atoms with van der Waals surface area (Å²) < 4.78 is 18.3. The Morgan fingerprint density at radius 1 is 0.958 bits per heavy atom. The van der Waals surface area contributed by atoms with Crippen LogP contribution in [-0.4, -0.2) is 18.9 Å². The molecule has 0 atom stereocenters. The molecule has 0 saturated heterocycles. The molecule has 2 aromatic carbocycles. The normalized spacial score (nSPS) is 10.8. The molecule has 2 amide bonds. The van der Waals surface area contributed by atoms with Gasteiger partial charge in [0.05, 0.1) is 7.11 Å². The number of nitrogens with one attached hydrogen (secondary N) is 2. The second-order valence-corrected chi connectivity index (χ2v) is 5.78. The SMILES string of the molecule is COc1cccc(NC(=O)C(C)(C)C(=O)Nc2cccc(F)c2)c1. The largest absolute Gasteiger partial charge is 0.497 e. The Bertz CT molecular complexity index is 759. The van der Waals surface area contributed by atoms with E-state index in [2.05, 4.69) is 10.6 Å². The van der Waals surface area contributed by atoms with Crippen LogP contribution in [0.2, 0.25) is 0 Å². The molecular weight excluding hydrogens is 311 g/mol. The standard InChI is InChI=1S/C18H19FN2O3/c1-18(2,16(22)20-13-7-4-6-12(19)10-13)17(23)21-14-8-5-9-15(11-14)24-3/h4-11H,1-3H3,(H,20,22)(H,21,23). The third-order valence-electron chi connectivity index (χ3n) is 3.55. The Labute approximate surface area is 139 Å². The third kappa shape index (κ3) is 4.10. The first-order valence-electron chi connectivity index (χ1n) is 7.35. The number of anilines is 2. The number of methoxy groups -OCH3 is 1. The van der Waals surface area contributed by atoms with Crippen molar-refractivity contribution in [1.82, 2.24) is 0 Å². The second-order valence-electron chi connectivity index (χ2n) is 5.78. The lowest BCUT2D eigenvalue weighted by atomic mass is 9.90. The van der Waals surface area contributed by atoms with Crippen molar-refractivity contribution in [2.75, 3.05) is 17.7 Å². The van der Waals surface area contributed by atoms with Gasteiger partial charge in [-0.25, -0.2) is 4.39 Å². The molecule has 0 aromatic heterocycles. The molecule has 6 heteroatoms.